The Labute approximate surface area is 211 Å². The molecule has 0 fully saturated rings. The van der Waals surface area contributed by atoms with Crippen LogP contribution in [-0.2, 0) is 14.3 Å². The van der Waals surface area contributed by atoms with E-state index in [1.54, 1.807) is 32.0 Å². The minimum Gasteiger partial charge on any atom is -0.493 e. The van der Waals surface area contributed by atoms with Crippen LogP contribution in [0.4, 0.5) is 10.5 Å². The Balaban J connectivity index is 1.66. The maximum absolute atomic E-state index is 12.5. The fraction of sp³-hybridized carbons (Fsp3) is 0.250. The van der Waals surface area contributed by atoms with Gasteiger partial charge in [0.15, 0.2) is 18.1 Å². The van der Waals surface area contributed by atoms with Crippen LogP contribution in [0.15, 0.2) is 58.8 Å². The van der Waals surface area contributed by atoms with Gasteiger partial charge in [0, 0.05) is 17.8 Å². The van der Waals surface area contributed by atoms with Crippen molar-refractivity contribution < 1.29 is 33.5 Å². The molecular formula is C24H25N5O8. The van der Waals surface area contributed by atoms with Gasteiger partial charge in [-0.05, 0) is 49.2 Å². The zero-order valence-corrected chi connectivity index (χ0v) is 20.3. The Morgan fingerprint density at radius 2 is 1.92 bits per heavy atom. The number of carbonyl (C=O) groups excluding carboxylic acids is 3. The van der Waals surface area contributed by atoms with E-state index in [1.807, 2.05) is 0 Å². The Bertz CT molecular complexity index is 1260. The van der Waals surface area contributed by atoms with Crippen molar-refractivity contribution >= 4 is 29.8 Å². The number of nitrogens with zero attached hydrogens (tertiary/aromatic N) is 2. The molecule has 1 heterocycles. The number of nitrogens with one attached hydrogen (secondary N) is 3. The van der Waals surface area contributed by atoms with Crippen LogP contribution in [0.2, 0.25) is 0 Å². The van der Waals surface area contributed by atoms with E-state index in [2.05, 4.69) is 21.2 Å². The number of urea groups is 1. The van der Waals surface area contributed by atoms with Crippen LogP contribution in [0.5, 0.6) is 11.5 Å². The molecule has 1 unspecified atom stereocenters. The van der Waals surface area contributed by atoms with Crippen LogP contribution in [0.3, 0.4) is 0 Å². The first-order chi connectivity index (χ1) is 17.7. The van der Waals surface area contributed by atoms with Crippen molar-refractivity contribution in [2.75, 3.05) is 20.3 Å². The average Bonchev–Trinajstić information content (AvgIpc) is 2.87. The van der Waals surface area contributed by atoms with Crippen LogP contribution < -0.4 is 25.5 Å². The summed E-state index contributed by atoms with van der Waals surface area (Å²) in [6.45, 7) is 3.08. The first-order valence-electron chi connectivity index (χ1n) is 11.1. The molecule has 1 atom stereocenters. The van der Waals surface area contributed by atoms with Gasteiger partial charge in [-0.25, -0.2) is 15.0 Å². The van der Waals surface area contributed by atoms with Gasteiger partial charge in [-0.15, -0.1) is 0 Å². The summed E-state index contributed by atoms with van der Waals surface area (Å²) in [5, 5.41) is 19.8. The largest absolute Gasteiger partial charge is 0.493 e. The summed E-state index contributed by atoms with van der Waals surface area (Å²) in [7, 11) is 1.41. The number of rotatable bonds is 10. The van der Waals surface area contributed by atoms with Gasteiger partial charge in [0.25, 0.3) is 11.6 Å². The molecule has 0 bridgehead atoms. The molecule has 13 heteroatoms. The first kappa shape index (κ1) is 26.7. The monoisotopic (exact) mass is 511 g/mol. The molecule has 1 aliphatic heterocycles. The van der Waals surface area contributed by atoms with Gasteiger partial charge in [-0.1, -0.05) is 6.07 Å². The summed E-state index contributed by atoms with van der Waals surface area (Å²) >= 11 is 0. The van der Waals surface area contributed by atoms with E-state index >= 15 is 0 Å². The Morgan fingerprint density at radius 1 is 1.19 bits per heavy atom. The minimum absolute atomic E-state index is 0.0552. The molecule has 0 aromatic heterocycles. The number of amides is 3. The number of nitro groups is 1. The highest BCUT2D eigenvalue weighted by atomic mass is 16.6. The number of carbonyl (C=O) groups is 3. The summed E-state index contributed by atoms with van der Waals surface area (Å²) in [4.78, 5) is 46.9. The van der Waals surface area contributed by atoms with Crippen LogP contribution in [-0.4, -0.2) is 49.4 Å². The summed E-state index contributed by atoms with van der Waals surface area (Å²) < 4.78 is 16.1. The molecule has 0 radical (unpaired) electrons. The molecule has 0 aliphatic carbocycles. The minimum atomic E-state index is -0.784. The van der Waals surface area contributed by atoms with E-state index in [1.165, 1.54) is 37.6 Å². The fourth-order valence-electron chi connectivity index (χ4n) is 3.44. The number of methoxy groups -OCH3 is 1. The number of hydrogen-bond donors (Lipinski definition) is 3. The normalized spacial score (nSPS) is 15.0. The number of esters is 1. The third-order valence-electron chi connectivity index (χ3n) is 5.15. The van der Waals surface area contributed by atoms with Crippen molar-refractivity contribution in [2.45, 2.75) is 19.9 Å². The molecule has 13 nitrogen and oxygen atoms in total. The molecule has 0 spiro atoms. The Morgan fingerprint density at radius 3 is 2.57 bits per heavy atom. The second-order valence-corrected chi connectivity index (χ2v) is 7.63. The van der Waals surface area contributed by atoms with E-state index in [9.17, 15) is 24.5 Å². The van der Waals surface area contributed by atoms with Gasteiger partial charge in [-0.2, -0.15) is 5.10 Å². The number of ether oxygens (including phenoxy) is 3. The fourth-order valence-corrected chi connectivity index (χ4v) is 3.44. The van der Waals surface area contributed by atoms with E-state index in [-0.39, 0.29) is 36.0 Å². The lowest BCUT2D eigenvalue weighted by atomic mass is 9.95. The van der Waals surface area contributed by atoms with Crippen LogP contribution in [0.25, 0.3) is 0 Å². The zero-order valence-electron chi connectivity index (χ0n) is 20.3. The standard InChI is InChI=1S/C24H25N5O8/c1-4-36-23(31)21-14(2)26-24(32)27-22(21)16-7-10-18(19(11-16)35-3)37-13-20(30)28-25-12-15-5-8-17(9-6-15)29(33)34/h5-12,22H,4,13H2,1-3H3,(H,28,30)(H2,26,27,32). The number of benzene rings is 2. The van der Waals surface area contributed by atoms with Crippen LogP contribution >= 0.6 is 0 Å². The molecule has 194 valence electrons. The lowest BCUT2D eigenvalue weighted by Gasteiger charge is -2.28. The number of nitro benzene ring substituents is 1. The predicted octanol–water partition coefficient (Wildman–Crippen LogP) is 2.32. The molecule has 3 N–H and O–H groups in total. The van der Waals surface area contributed by atoms with E-state index in [4.69, 9.17) is 14.2 Å². The topological polar surface area (TPSA) is 170 Å². The lowest BCUT2D eigenvalue weighted by Crippen LogP contribution is -2.45. The predicted molar refractivity (Wildman–Crippen MR) is 131 cm³/mol. The number of hydrogen-bond acceptors (Lipinski definition) is 9. The van der Waals surface area contributed by atoms with Gasteiger partial charge in [0.1, 0.15) is 0 Å². The summed E-state index contributed by atoms with van der Waals surface area (Å²) in [5.74, 6) is -0.603. The van der Waals surface area contributed by atoms with Gasteiger partial charge in [0.05, 0.1) is 36.5 Å². The first-order valence-corrected chi connectivity index (χ1v) is 11.1. The third kappa shape index (κ3) is 6.81. The van der Waals surface area contributed by atoms with Crippen LogP contribution in [0, 0.1) is 10.1 Å². The second-order valence-electron chi connectivity index (χ2n) is 7.63. The van der Waals surface area contributed by atoms with Gasteiger partial charge >= 0.3 is 12.0 Å². The molecular weight excluding hydrogens is 486 g/mol. The lowest BCUT2D eigenvalue weighted by molar-refractivity contribution is -0.384. The molecule has 37 heavy (non-hydrogen) atoms. The van der Waals surface area contributed by atoms with Crippen molar-refractivity contribution in [3.05, 3.63) is 75.0 Å². The highest BCUT2D eigenvalue weighted by Gasteiger charge is 2.32. The average molecular weight is 511 g/mol. The van der Waals surface area contributed by atoms with Crippen molar-refractivity contribution in [1.82, 2.24) is 16.1 Å². The second kappa shape index (κ2) is 12.2. The molecule has 2 aromatic rings. The number of non-ortho nitro benzene ring substituents is 1. The van der Waals surface area contributed by atoms with Crippen LogP contribution in [0.1, 0.15) is 31.0 Å². The van der Waals surface area contributed by atoms with Crippen molar-refractivity contribution in [2.24, 2.45) is 5.10 Å². The smallest absolute Gasteiger partial charge is 0.338 e. The summed E-state index contributed by atoms with van der Waals surface area (Å²) in [6, 6.07) is 9.14. The summed E-state index contributed by atoms with van der Waals surface area (Å²) in [6.07, 6.45) is 1.33. The van der Waals surface area contributed by atoms with Crippen molar-refractivity contribution in [1.29, 1.82) is 0 Å². The van der Waals surface area contributed by atoms with Gasteiger partial charge < -0.3 is 24.8 Å². The summed E-state index contributed by atoms with van der Waals surface area (Å²) in [5.41, 5.74) is 3.96. The SMILES string of the molecule is CCOC(=O)C1=C(C)NC(=O)NC1c1ccc(OCC(=O)NN=Cc2ccc([N+](=O)[O-])cc2)c(OC)c1. The number of allylic oxidation sites excluding steroid dienone is 1. The maximum atomic E-state index is 12.5. The highest BCUT2D eigenvalue weighted by molar-refractivity contribution is 5.95. The molecule has 3 amide bonds. The zero-order chi connectivity index (χ0) is 26.9. The Kier molecular flexibility index (Phi) is 8.76. The molecule has 3 rings (SSSR count). The van der Waals surface area contributed by atoms with E-state index in [0.29, 0.717) is 16.8 Å². The van der Waals surface area contributed by atoms with Gasteiger partial charge in [-0.3, -0.25) is 14.9 Å². The maximum Gasteiger partial charge on any atom is 0.338 e. The van der Waals surface area contributed by atoms with Crippen molar-refractivity contribution in [3.8, 4) is 11.5 Å². The third-order valence-corrected chi connectivity index (χ3v) is 5.15. The molecule has 2 aromatic carbocycles. The van der Waals surface area contributed by atoms with E-state index in [0.717, 1.165) is 0 Å². The molecule has 0 saturated heterocycles. The van der Waals surface area contributed by atoms with E-state index < -0.39 is 28.9 Å². The molecule has 0 saturated carbocycles. The quantitative estimate of drug-likeness (QED) is 0.189. The van der Waals surface area contributed by atoms with Gasteiger partial charge in [0.2, 0.25) is 0 Å². The Hall–Kier alpha value is -4.94. The van der Waals surface area contributed by atoms with Crippen molar-refractivity contribution in [3.63, 3.8) is 0 Å². The highest BCUT2D eigenvalue weighted by Crippen LogP contribution is 2.34. The number of hydrazone groups is 1. The molecule has 1 aliphatic rings.